The van der Waals surface area contributed by atoms with Crippen molar-refractivity contribution in [1.82, 2.24) is 0 Å². The van der Waals surface area contributed by atoms with Gasteiger partial charge in [-0.15, -0.1) is 0 Å². The van der Waals surface area contributed by atoms with Gasteiger partial charge in [0.25, 0.3) is 0 Å². The molecule has 0 bridgehead atoms. The number of hydrogen-bond donors (Lipinski definition) is 3. The van der Waals surface area contributed by atoms with Gasteiger partial charge in [0.1, 0.15) is 0 Å². The second-order valence-electron chi connectivity index (χ2n) is 9.19. The van der Waals surface area contributed by atoms with Crippen LogP contribution in [0.4, 0.5) is 0 Å². The molecule has 0 aliphatic carbocycles. The van der Waals surface area contributed by atoms with Crippen molar-refractivity contribution >= 4 is 31.0 Å². The molecule has 0 aliphatic rings. The van der Waals surface area contributed by atoms with Crippen LogP contribution in [0.2, 0.25) is 0 Å². The van der Waals surface area contributed by atoms with Crippen molar-refractivity contribution in [2.24, 2.45) is 0 Å². The second-order valence-corrected chi connectivity index (χ2v) is 14.1. The zero-order valence-electron chi connectivity index (χ0n) is 20.6. The monoisotopic (exact) mass is 508 g/mol. The molecule has 4 rings (SSSR count). The zero-order chi connectivity index (χ0) is 25.6. The summed E-state index contributed by atoms with van der Waals surface area (Å²) in [4.78, 5) is 21.6. The van der Waals surface area contributed by atoms with Crippen molar-refractivity contribution in [3.05, 3.63) is 125 Å². The van der Waals surface area contributed by atoms with Gasteiger partial charge in [-0.25, -0.2) is 4.57 Å². The van der Waals surface area contributed by atoms with Crippen molar-refractivity contribution < 1.29 is 19.2 Å². The molecule has 4 aromatic rings. The molecular weight excluding hydrogens is 474 g/mol. The largest absolute Gasteiger partial charge is 0.466 e. The summed E-state index contributed by atoms with van der Waals surface area (Å²) in [6.07, 6.45) is 1.06. The summed E-state index contributed by atoms with van der Waals surface area (Å²) < 4.78 is 8.88. The Bertz CT molecular complexity index is 1210. The minimum Gasteiger partial charge on any atom is -0.303 e. The Morgan fingerprint density at radius 2 is 0.914 bits per heavy atom. The van der Waals surface area contributed by atoms with E-state index in [4.69, 9.17) is 19.2 Å². The molecule has 4 aromatic carbocycles. The predicted molar refractivity (Wildman–Crippen MR) is 150 cm³/mol. The molecule has 0 aromatic heterocycles. The first-order valence-corrected chi connectivity index (χ1v) is 15.3. The van der Waals surface area contributed by atoms with E-state index in [-0.39, 0.29) is 0 Å². The fourth-order valence-corrected chi connectivity index (χ4v) is 9.57. The molecule has 0 fully saturated rings. The Labute approximate surface area is 208 Å². The Morgan fingerprint density at radius 1 is 0.571 bits per heavy atom. The van der Waals surface area contributed by atoms with Crippen molar-refractivity contribution in [3.8, 4) is 0 Å². The minimum absolute atomic E-state index is 1.06. The maximum atomic E-state index is 8.88. The number of phosphoric acid groups is 1. The quantitative estimate of drug-likeness (QED) is 0.323. The summed E-state index contributed by atoms with van der Waals surface area (Å²) in [5.74, 6) is 0. The summed E-state index contributed by atoms with van der Waals surface area (Å²) in [5, 5.41) is 4.46. The number of aryl methyl sites for hydroxylation is 4. The number of benzene rings is 4. The van der Waals surface area contributed by atoms with Gasteiger partial charge in [-0.1, -0.05) is 0 Å². The molecule has 0 heterocycles. The van der Waals surface area contributed by atoms with Crippen LogP contribution in [-0.2, 0) is 10.7 Å². The summed E-state index contributed by atoms with van der Waals surface area (Å²) in [7, 11) is -6.92. The third kappa shape index (κ3) is 7.45. The van der Waals surface area contributed by atoms with Gasteiger partial charge in [-0.2, -0.15) is 0 Å². The maximum Gasteiger partial charge on any atom is 0.466 e. The molecule has 0 amide bonds. The normalized spacial score (nSPS) is 12.0. The molecule has 0 saturated heterocycles. The molecule has 184 valence electrons. The molecule has 0 atom stereocenters. The molecule has 0 spiro atoms. The van der Waals surface area contributed by atoms with Crippen LogP contribution < -0.4 is 15.9 Å². The second kappa shape index (κ2) is 11.4. The molecule has 0 aliphatic heterocycles. The van der Waals surface area contributed by atoms with Crippen LogP contribution in [0.5, 0.6) is 0 Å². The van der Waals surface area contributed by atoms with E-state index in [1.165, 1.54) is 43.7 Å². The van der Waals surface area contributed by atoms with Gasteiger partial charge in [-0.3, -0.25) is 0 Å². The van der Waals surface area contributed by atoms with Crippen LogP contribution in [0.25, 0.3) is 0 Å². The molecule has 0 saturated carbocycles. The fourth-order valence-electron chi connectivity index (χ4n) is 4.55. The minimum atomic E-state index is -4.64. The number of hydrogen-bond acceptors (Lipinski definition) is 1. The van der Waals surface area contributed by atoms with E-state index in [0.29, 0.717) is 0 Å². The first-order valence-electron chi connectivity index (χ1n) is 11.5. The van der Waals surface area contributed by atoms with E-state index in [1.54, 1.807) is 0 Å². The average Bonchev–Trinajstić information content (AvgIpc) is 2.78. The molecule has 3 N–H and O–H groups in total. The summed E-state index contributed by atoms with van der Waals surface area (Å²) >= 11 is 0. The van der Waals surface area contributed by atoms with E-state index in [2.05, 4.69) is 125 Å². The van der Waals surface area contributed by atoms with Gasteiger partial charge in [-0.05, 0) is 0 Å². The van der Waals surface area contributed by atoms with Crippen molar-refractivity contribution in [3.63, 3.8) is 0 Å². The molecular formula is C29H34O4P2. The van der Waals surface area contributed by atoms with Gasteiger partial charge in [0.15, 0.2) is 0 Å². The zero-order valence-corrected chi connectivity index (χ0v) is 22.5. The molecule has 4 nitrogen and oxygen atoms in total. The van der Waals surface area contributed by atoms with Crippen LogP contribution in [-0.4, -0.2) is 14.7 Å². The number of rotatable bonds is 5. The molecule has 35 heavy (non-hydrogen) atoms. The van der Waals surface area contributed by atoms with Gasteiger partial charge in [0, 0.05) is 0 Å². The smallest absolute Gasteiger partial charge is 0.303 e. The maximum absolute atomic E-state index is 8.88. The summed E-state index contributed by atoms with van der Waals surface area (Å²) in [6, 6.07) is 36.8. The first kappa shape index (κ1) is 27.0. The Hall–Kier alpha value is -2.58. The summed E-state index contributed by atoms with van der Waals surface area (Å²) in [6.45, 7) is 8.79. The molecule has 6 heteroatoms. The molecule has 0 radical (unpaired) electrons. The van der Waals surface area contributed by atoms with Gasteiger partial charge in [0.05, 0.1) is 0 Å². The van der Waals surface area contributed by atoms with Gasteiger partial charge < -0.3 is 14.7 Å². The summed E-state index contributed by atoms with van der Waals surface area (Å²) in [5.41, 5.74) is 6.71. The standard InChI is InChI=1S/C29H31P.H3O4P/c1-22-14-16-26(17-15-22)21-30(27-11-5-8-23(2)18-27,28-12-6-9-24(3)19-28)29-13-7-10-25(4)20-29;1-5(2,3)4/h5-20,30H,21H2,1-4H3;(H3,1,2,3,4). The van der Waals surface area contributed by atoms with E-state index in [1.807, 2.05) is 0 Å². The molecule has 0 unspecified atom stereocenters. The first-order chi connectivity index (χ1) is 16.5. The third-order valence-corrected chi connectivity index (χ3v) is 11.0. The SMILES string of the molecule is Cc1ccc(C[PH](c2cccc(C)c2)(c2cccc(C)c2)c2cccc(C)c2)cc1.O=P(O)(O)O. The van der Waals surface area contributed by atoms with Gasteiger partial charge in [0.2, 0.25) is 0 Å². The van der Waals surface area contributed by atoms with E-state index < -0.39 is 15.1 Å². The van der Waals surface area contributed by atoms with Crippen LogP contribution in [0.15, 0.2) is 97.1 Å². The van der Waals surface area contributed by atoms with Crippen molar-refractivity contribution in [1.29, 1.82) is 0 Å². The van der Waals surface area contributed by atoms with Crippen LogP contribution in [0.3, 0.4) is 0 Å². The topological polar surface area (TPSA) is 77.8 Å². The average molecular weight is 509 g/mol. The van der Waals surface area contributed by atoms with E-state index in [0.717, 1.165) is 6.16 Å². The van der Waals surface area contributed by atoms with E-state index in [9.17, 15) is 0 Å². The van der Waals surface area contributed by atoms with Crippen LogP contribution in [0.1, 0.15) is 27.8 Å². The van der Waals surface area contributed by atoms with Gasteiger partial charge >= 0.3 is 190 Å². The third-order valence-electron chi connectivity index (χ3n) is 6.12. The van der Waals surface area contributed by atoms with Crippen LogP contribution in [0, 0.1) is 27.7 Å². The van der Waals surface area contributed by atoms with E-state index >= 15 is 0 Å². The van der Waals surface area contributed by atoms with Crippen LogP contribution >= 0.6 is 15.1 Å². The predicted octanol–water partition coefficient (Wildman–Crippen LogP) is 5.22. The Balaban J connectivity index is 0.000000623. The van der Waals surface area contributed by atoms with Crippen molar-refractivity contribution in [2.75, 3.05) is 0 Å². The fraction of sp³-hybridized carbons (Fsp3) is 0.172. The van der Waals surface area contributed by atoms with Crippen molar-refractivity contribution in [2.45, 2.75) is 33.9 Å². The Kier molecular flexibility index (Phi) is 8.83. The Morgan fingerprint density at radius 3 is 1.23 bits per heavy atom.